The number of nitrogens with zero attached hydrogens (tertiary/aromatic N) is 1. The van der Waals surface area contributed by atoms with Crippen molar-refractivity contribution in [3.05, 3.63) is 40.0 Å². The number of hydrogen-bond acceptors (Lipinski definition) is 5. The molecule has 0 spiro atoms. The topological polar surface area (TPSA) is 59.4 Å². The van der Waals surface area contributed by atoms with Gasteiger partial charge in [-0.05, 0) is 17.5 Å². The Balaban J connectivity index is 1.96. The summed E-state index contributed by atoms with van der Waals surface area (Å²) in [4.78, 5) is 15.2. The van der Waals surface area contributed by atoms with Gasteiger partial charge in [0.1, 0.15) is 10.6 Å². The predicted octanol–water partition coefficient (Wildman–Crippen LogP) is 3.85. The summed E-state index contributed by atoms with van der Waals surface area (Å²) >= 11 is 2.75. The third-order valence-corrected chi connectivity index (χ3v) is 4.12. The van der Waals surface area contributed by atoms with Crippen molar-refractivity contribution in [3.8, 4) is 11.6 Å². The Labute approximate surface area is 110 Å². The van der Waals surface area contributed by atoms with Crippen molar-refractivity contribution < 1.29 is 14.6 Å². The molecule has 0 bridgehead atoms. The number of fused-ring (bicyclic) bond motifs is 1. The molecule has 18 heavy (non-hydrogen) atoms. The van der Waals surface area contributed by atoms with Crippen molar-refractivity contribution in [1.29, 1.82) is 0 Å². The molecule has 0 amide bonds. The van der Waals surface area contributed by atoms with Gasteiger partial charge in [-0.25, -0.2) is 9.78 Å². The number of rotatable bonds is 3. The molecular weight excluding hydrogens is 270 g/mol. The van der Waals surface area contributed by atoms with Gasteiger partial charge < -0.3 is 9.84 Å². The Morgan fingerprint density at radius 3 is 3.00 bits per heavy atom. The smallest absolute Gasteiger partial charge is 0.346 e. The quantitative estimate of drug-likeness (QED) is 0.790. The SMILES string of the molecule is O=C(O)c1cc(Oc2nccc3sccc23)cs1. The van der Waals surface area contributed by atoms with Crippen LogP contribution in [0.3, 0.4) is 0 Å². The number of thiophene rings is 2. The number of carboxylic acid groups (broad SMARTS) is 1. The van der Waals surface area contributed by atoms with E-state index in [1.54, 1.807) is 22.9 Å². The molecule has 4 nitrogen and oxygen atoms in total. The Hall–Kier alpha value is -1.92. The van der Waals surface area contributed by atoms with Gasteiger partial charge in [-0.1, -0.05) is 0 Å². The van der Waals surface area contributed by atoms with E-state index >= 15 is 0 Å². The van der Waals surface area contributed by atoms with Crippen molar-refractivity contribution in [3.63, 3.8) is 0 Å². The summed E-state index contributed by atoms with van der Waals surface area (Å²) in [7, 11) is 0. The summed E-state index contributed by atoms with van der Waals surface area (Å²) in [6.07, 6.45) is 1.68. The average molecular weight is 277 g/mol. The lowest BCUT2D eigenvalue weighted by Crippen LogP contribution is -1.90. The van der Waals surface area contributed by atoms with Crippen LogP contribution in [0.25, 0.3) is 10.1 Å². The lowest BCUT2D eigenvalue weighted by atomic mass is 10.3. The zero-order valence-electron chi connectivity index (χ0n) is 8.99. The number of carboxylic acids is 1. The van der Waals surface area contributed by atoms with Gasteiger partial charge in [-0.2, -0.15) is 0 Å². The molecule has 3 aromatic rings. The third-order valence-electron chi connectivity index (χ3n) is 2.34. The van der Waals surface area contributed by atoms with E-state index in [0.29, 0.717) is 11.6 Å². The van der Waals surface area contributed by atoms with Crippen LogP contribution in [-0.2, 0) is 0 Å². The second-order valence-corrected chi connectivity index (χ2v) is 5.36. The van der Waals surface area contributed by atoms with Crippen LogP contribution in [0, 0.1) is 0 Å². The highest BCUT2D eigenvalue weighted by Crippen LogP contribution is 2.32. The predicted molar refractivity (Wildman–Crippen MR) is 71.0 cm³/mol. The average Bonchev–Trinajstić information content (AvgIpc) is 2.97. The van der Waals surface area contributed by atoms with E-state index in [0.717, 1.165) is 21.4 Å². The monoisotopic (exact) mass is 277 g/mol. The highest BCUT2D eigenvalue weighted by molar-refractivity contribution is 7.17. The second-order valence-electron chi connectivity index (χ2n) is 3.50. The van der Waals surface area contributed by atoms with Crippen LogP contribution in [0.4, 0.5) is 0 Å². The lowest BCUT2D eigenvalue weighted by molar-refractivity contribution is 0.0702. The minimum absolute atomic E-state index is 0.252. The minimum atomic E-state index is -0.948. The largest absolute Gasteiger partial charge is 0.477 e. The maximum absolute atomic E-state index is 10.8. The van der Waals surface area contributed by atoms with Gasteiger partial charge in [-0.3, -0.25) is 0 Å². The molecule has 0 saturated heterocycles. The molecule has 6 heteroatoms. The van der Waals surface area contributed by atoms with Crippen LogP contribution < -0.4 is 4.74 Å². The summed E-state index contributed by atoms with van der Waals surface area (Å²) in [5.74, 6) is 0.0589. The summed E-state index contributed by atoms with van der Waals surface area (Å²) in [6.45, 7) is 0. The molecule has 0 fully saturated rings. The fourth-order valence-electron chi connectivity index (χ4n) is 1.55. The molecule has 0 radical (unpaired) electrons. The Morgan fingerprint density at radius 2 is 2.22 bits per heavy atom. The molecule has 0 aliphatic carbocycles. The number of hydrogen-bond donors (Lipinski definition) is 1. The van der Waals surface area contributed by atoms with Crippen LogP contribution >= 0.6 is 22.7 Å². The molecule has 0 saturated carbocycles. The number of aromatic nitrogens is 1. The molecule has 0 unspecified atom stereocenters. The second kappa shape index (κ2) is 4.40. The van der Waals surface area contributed by atoms with Gasteiger partial charge in [0.2, 0.25) is 5.88 Å². The molecule has 3 aromatic heterocycles. The van der Waals surface area contributed by atoms with E-state index in [2.05, 4.69) is 4.98 Å². The summed E-state index contributed by atoms with van der Waals surface area (Å²) < 4.78 is 6.71. The van der Waals surface area contributed by atoms with Crippen LogP contribution in [-0.4, -0.2) is 16.1 Å². The van der Waals surface area contributed by atoms with Gasteiger partial charge >= 0.3 is 5.97 Å². The summed E-state index contributed by atoms with van der Waals surface area (Å²) in [6, 6.07) is 5.36. The Bertz CT molecular complexity index is 717. The zero-order valence-corrected chi connectivity index (χ0v) is 10.6. The molecule has 1 N–H and O–H groups in total. The van der Waals surface area contributed by atoms with Crippen molar-refractivity contribution in [2.45, 2.75) is 0 Å². The van der Waals surface area contributed by atoms with E-state index in [9.17, 15) is 4.79 Å². The van der Waals surface area contributed by atoms with Crippen molar-refractivity contribution in [2.24, 2.45) is 0 Å². The Morgan fingerprint density at radius 1 is 1.33 bits per heavy atom. The van der Waals surface area contributed by atoms with E-state index in [-0.39, 0.29) is 4.88 Å². The number of aromatic carboxylic acids is 1. The highest BCUT2D eigenvalue weighted by Gasteiger charge is 2.10. The normalized spacial score (nSPS) is 10.7. The van der Waals surface area contributed by atoms with E-state index in [4.69, 9.17) is 9.84 Å². The minimum Gasteiger partial charge on any atom is -0.477 e. The van der Waals surface area contributed by atoms with Crippen LogP contribution in [0.15, 0.2) is 35.2 Å². The van der Waals surface area contributed by atoms with E-state index in [1.807, 2.05) is 17.5 Å². The highest BCUT2D eigenvalue weighted by atomic mass is 32.1. The fourth-order valence-corrected chi connectivity index (χ4v) is 2.96. The molecule has 0 aliphatic rings. The first-order valence-corrected chi connectivity index (χ1v) is 6.82. The van der Waals surface area contributed by atoms with Crippen molar-refractivity contribution in [1.82, 2.24) is 4.98 Å². The van der Waals surface area contributed by atoms with E-state index < -0.39 is 5.97 Å². The number of ether oxygens (including phenoxy) is 1. The van der Waals surface area contributed by atoms with Crippen LogP contribution in [0.1, 0.15) is 9.67 Å². The maximum Gasteiger partial charge on any atom is 0.346 e. The zero-order chi connectivity index (χ0) is 12.5. The molecule has 3 rings (SSSR count). The molecular formula is C12H7NO3S2. The fraction of sp³-hybridized carbons (Fsp3) is 0. The van der Waals surface area contributed by atoms with Crippen LogP contribution in [0.5, 0.6) is 11.6 Å². The van der Waals surface area contributed by atoms with Crippen molar-refractivity contribution >= 4 is 38.7 Å². The first-order chi connectivity index (χ1) is 8.74. The Kier molecular flexibility index (Phi) is 2.73. The molecule has 0 atom stereocenters. The summed E-state index contributed by atoms with van der Waals surface area (Å²) in [5, 5.41) is 13.4. The molecule has 3 heterocycles. The number of pyridine rings is 1. The van der Waals surface area contributed by atoms with Gasteiger partial charge in [0, 0.05) is 22.3 Å². The first-order valence-electron chi connectivity index (χ1n) is 5.06. The van der Waals surface area contributed by atoms with Gasteiger partial charge in [0.15, 0.2) is 0 Å². The maximum atomic E-state index is 10.8. The van der Waals surface area contributed by atoms with Gasteiger partial charge in [0.05, 0.1) is 5.39 Å². The van der Waals surface area contributed by atoms with Crippen molar-refractivity contribution in [2.75, 3.05) is 0 Å². The third kappa shape index (κ3) is 1.96. The standard InChI is InChI=1S/C12H7NO3S2/c14-12(15)10-5-7(6-18-10)16-11-8-2-4-17-9(8)1-3-13-11/h1-6H,(H,14,15). The summed E-state index contributed by atoms with van der Waals surface area (Å²) in [5.41, 5.74) is 0. The van der Waals surface area contributed by atoms with Gasteiger partial charge in [-0.15, -0.1) is 22.7 Å². The van der Waals surface area contributed by atoms with Crippen LogP contribution in [0.2, 0.25) is 0 Å². The van der Waals surface area contributed by atoms with E-state index in [1.165, 1.54) is 6.07 Å². The van der Waals surface area contributed by atoms with Gasteiger partial charge in [0.25, 0.3) is 0 Å². The molecule has 90 valence electrons. The number of carbonyl (C=O) groups is 1. The molecule has 0 aliphatic heterocycles. The first kappa shape index (κ1) is 11.2. The molecule has 0 aromatic carbocycles. The lowest BCUT2D eigenvalue weighted by Gasteiger charge is -2.02.